The fraction of sp³-hybridized carbons (Fsp3) is 0.821. The molecular formula is C56H104ClN3O3. The number of hydrogen-bond donors (Lipinski definition) is 0. The number of benzene rings is 1. The van der Waals surface area contributed by atoms with E-state index < -0.39 is 0 Å². The second kappa shape index (κ2) is 34.4. The van der Waals surface area contributed by atoms with E-state index in [4.69, 9.17) is 16.3 Å². The van der Waals surface area contributed by atoms with E-state index in [0.717, 1.165) is 95.4 Å². The van der Waals surface area contributed by atoms with Crippen molar-refractivity contribution in [2.45, 2.75) is 206 Å². The second-order valence-electron chi connectivity index (χ2n) is 21.5. The van der Waals surface area contributed by atoms with Crippen LogP contribution >= 0.6 is 11.6 Å². The molecule has 5 atom stereocenters. The molecule has 0 radical (unpaired) electrons. The Morgan fingerprint density at radius 2 is 1.40 bits per heavy atom. The third-order valence-corrected chi connectivity index (χ3v) is 13.6. The molecule has 368 valence electrons. The molecule has 5 fully saturated rings. The molecule has 0 aromatic heterocycles. The largest absolute Gasteiger partial charge is 0.381 e. The van der Waals surface area contributed by atoms with E-state index in [-0.39, 0.29) is 23.8 Å². The first-order valence-corrected chi connectivity index (χ1v) is 26.3. The average molecular weight is 903 g/mol. The average Bonchev–Trinajstić information content (AvgIpc) is 3.98. The minimum absolute atomic E-state index is 0.0578. The van der Waals surface area contributed by atoms with Crippen LogP contribution < -0.4 is 0 Å². The summed E-state index contributed by atoms with van der Waals surface area (Å²) in [6.07, 6.45) is 20.8. The van der Waals surface area contributed by atoms with Crippen LogP contribution in [-0.4, -0.2) is 85.5 Å². The maximum absolute atomic E-state index is 13.5. The lowest BCUT2D eigenvalue weighted by atomic mass is 9.74. The molecule has 6 nitrogen and oxygen atoms in total. The van der Waals surface area contributed by atoms with Crippen molar-refractivity contribution in [2.75, 3.05) is 53.0 Å². The van der Waals surface area contributed by atoms with Crippen molar-refractivity contribution in [3.8, 4) is 0 Å². The summed E-state index contributed by atoms with van der Waals surface area (Å²) >= 11 is 5.54. The number of amides is 2. The van der Waals surface area contributed by atoms with Crippen molar-refractivity contribution in [3.63, 3.8) is 0 Å². The fourth-order valence-electron chi connectivity index (χ4n) is 7.89. The summed E-state index contributed by atoms with van der Waals surface area (Å²) in [6, 6.07) is 9.20. The zero-order valence-electron chi connectivity index (χ0n) is 44.4. The summed E-state index contributed by atoms with van der Waals surface area (Å²) < 4.78 is 4.94. The van der Waals surface area contributed by atoms with Crippen LogP contribution in [0.1, 0.15) is 200 Å². The van der Waals surface area contributed by atoms with Crippen molar-refractivity contribution >= 4 is 23.4 Å². The standard InChI is InChI=1S/C24H45N3O2.C9H18.C6H5Cl.C6H10.C5H12.C4H8O.C2H6/c1-7-18(4)10-11-20(9-3)23(28)27-17-21(19(5)8-2)16-22(27)24(29)26-14-12-25(6)13-15-26;1-8-4-6-9(2,3)7-5-8;7-6-4-2-1-3-5-6;1-2-6-4-3-5-6;1-5(2,3)4;1-2-4-5-3-1;1-2/h18-22H,7-17H2,1-6H3;8H,4-7H2,1-3H3;1-5H;2H,3-5H2,1H3;1-4H3;1-4H2;1-2H3. The molecule has 7 heteroatoms. The normalized spacial score (nSPS) is 22.0. The molecule has 2 saturated carbocycles. The van der Waals surface area contributed by atoms with Gasteiger partial charge in [0.1, 0.15) is 6.04 Å². The first-order chi connectivity index (χ1) is 29.7. The van der Waals surface area contributed by atoms with Crippen molar-refractivity contribution < 1.29 is 14.3 Å². The summed E-state index contributed by atoms with van der Waals surface area (Å²) in [5, 5.41) is 0.794. The number of likely N-dealkylation sites (N-methyl/N-ethyl adjacent to an activating group) is 1. The predicted molar refractivity (Wildman–Crippen MR) is 277 cm³/mol. The number of likely N-dealkylation sites (tertiary alicyclic amines) is 1. The Morgan fingerprint density at radius 1 is 0.857 bits per heavy atom. The van der Waals surface area contributed by atoms with Gasteiger partial charge in [0.05, 0.1) is 0 Å². The lowest BCUT2D eigenvalue weighted by molar-refractivity contribution is -0.147. The van der Waals surface area contributed by atoms with Crippen LogP contribution in [0.4, 0.5) is 0 Å². The van der Waals surface area contributed by atoms with Gasteiger partial charge in [-0.15, -0.1) is 0 Å². The molecule has 0 bridgehead atoms. The topological polar surface area (TPSA) is 53.1 Å². The Balaban J connectivity index is 0.000000900. The number of carbonyl (C=O) groups is 2. The molecule has 3 saturated heterocycles. The smallest absolute Gasteiger partial charge is 0.245 e. The van der Waals surface area contributed by atoms with Gasteiger partial charge in [0.25, 0.3) is 0 Å². The Labute approximate surface area is 397 Å². The Morgan fingerprint density at radius 3 is 1.75 bits per heavy atom. The fourth-order valence-corrected chi connectivity index (χ4v) is 8.04. The molecule has 1 aromatic carbocycles. The van der Waals surface area contributed by atoms with Crippen LogP contribution in [-0.2, 0) is 14.3 Å². The highest BCUT2D eigenvalue weighted by molar-refractivity contribution is 6.30. The number of rotatable bonds is 9. The minimum Gasteiger partial charge on any atom is -0.381 e. The summed E-state index contributed by atoms with van der Waals surface area (Å²) in [4.78, 5) is 33.2. The van der Waals surface area contributed by atoms with Crippen LogP contribution in [0.25, 0.3) is 0 Å². The van der Waals surface area contributed by atoms with Crippen LogP contribution in [0.3, 0.4) is 0 Å². The van der Waals surface area contributed by atoms with Gasteiger partial charge in [-0.25, -0.2) is 0 Å². The molecule has 0 spiro atoms. The number of carbonyl (C=O) groups excluding carboxylic acids is 2. The Bertz CT molecular complexity index is 1290. The van der Waals surface area contributed by atoms with Crippen LogP contribution in [0.15, 0.2) is 42.0 Å². The van der Waals surface area contributed by atoms with Crippen molar-refractivity contribution in [1.29, 1.82) is 0 Å². The number of piperazine rings is 1. The quantitative estimate of drug-likeness (QED) is 0.232. The van der Waals surface area contributed by atoms with Gasteiger partial charge in [0, 0.05) is 56.9 Å². The van der Waals surface area contributed by atoms with E-state index in [9.17, 15) is 9.59 Å². The number of ether oxygens (including phenoxy) is 1. The summed E-state index contributed by atoms with van der Waals surface area (Å²) in [5.41, 5.74) is 2.81. The van der Waals surface area contributed by atoms with E-state index >= 15 is 0 Å². The molecule has 1 aromatic rings. The van der Waals surface area contributed by atoms with E-state index in [0.29, 0.717) is 28.6 Å². The molecule has 6 rings (SSSR count). The van der Waals surface area contributed by atoms with Gasteiger partial charge in [0.2, 0.25) is 11.8 Å². The highest BCUT2D eigenvalue weighted by atomic mass is 35.5. The van der Waals surface area contributed by atoms with Crippen LogP contribution in [0.5, 0.6) is 0 Å². The van der Waals surface area contributed by atoms with Gasteiger partial charge in [-0.05, 0) is 131 Å². The Kier molecular flexibility index (Phi) is 33.4. The number of halogens is 1. The van der Waals surface area contributed by atoms with Gasteiger partial charge in [0.15, 0.2) is 0 Å². The molecule has 3 heterocycles. The molecule has 0 N–H and O–H groups in total. The molecule has 2 amide bonds. The van der Waals surface area contributed by atoms with E-state index in [1.54, 1.807) is 5.57 Å². The third kappa shape index (κ3) is 28.7. The van der Waals surface area contributed by atoms with Crippen molar-refractivity contribution in [3.05, 3.63) is 47.0 Å². The van der Waals surface area contributed by atoms with Gasteiger partial charge >= 0.3 is 0 Å². The zero-order valence-corrected chi connectivity index (χ0v) is 45.2. The van der Waals surface area contributed by atoms with Gasteiger partial charge in [-0.3, -0.25) is 9.59 Å². The zero-order chi connectivity index (χ0) is 48.0. The number of allylic oxidation sites excluding steroid dienone is 2. The number of nitrogens with zero attached hydrogens (tertiary/aromatic N) is 3. The maximum Gasteiger partial charge on any atom is 0.245 e. The number of hydrogen-bond acceptors (Lipinski definition) is 4. The third-order valence-electron chi connectivity index (χ3n) is 13.3. The first kappa shape index (κ1) is 61.1. The SMILES string of the molecule is C1CCOC1.CC.CC(C)(C)C.CC1CCC(C)(C)CC1.CC=C1CCC1.CCC(C)CCC(CC)C(=O)N1CC(C(C)CC)CC1C(=O)N1CCN(C)CC1.Clc1ccccc1. The van der Waals surface area contributed by atoms with Crippen LogP contribution in [0, 0.1) is 40.4 Å². The predicted octanol–water partition coefficient (Wildman–Crippen LogP) is 15.4. The Hall–Kier alpha value is -1.89. The van der Waals surface area contributed by atoms with E-state index in [2.05, 4.69) is 108 Å². The summed E-state index contributed by atoms with van der Waals surface area (Å²) in [6.45, 7) is 39.3. The highest BCUT2D eigenvalue weighted by Gasteiger charge is 2.44. The van der Waals surface area contributed by atoms with Gasteiger partial charge in [-0.2, -0.15) is 0 Å². The first-order valence-electron chi connectivity index (χ1n) is 25.9. The monoisotopic (exact) mass is 902 g/mol. The van der Waals surface area contributed by atoms with Crippen molar-refractivity contribution in [1.82, 2.24) is 14.7 Å². The molecule has 2 aliphatic carbocycles. The van der Waals surface area contributed by atoms with Crippen molar-refractivity contribution in [2.24, 2.45) is 40.4 Å². The lowest BCUT2D eigenvalue weighted by Crippen LogP contribution is -2.54. The minimum atomic E-state index is -0.248. The molecular weight excluding hydrogens is 798 g/mol. The highest BCUT2D eigenvalue weighted by Crippen LogP contribution is 2.37. The van der Waals surface area contributed by atoms with E-state index in [1.807, 2.05) is 54.0 Å². The molecule has 3 aliphatic heterocycles. The van der Waals surface area contributed by atoms with Gasteiger partial charge < -0.3 is 19.4 Å². The van der Waals surface area contributed by atoms with E-state index in [1.165, 1.54) is 57.8 Å². The van der Waals surface area contributed by atoms with Gasteiger partial charge in [-0.1, -0.05) is 164 Å². The summed E-state index contributed by atoms with van der Waals surface area (Å²) in [7, 11) is 2.11. The summed E-state index contributed by atoms with van der Waals surface area (Å²) in [5.74, 6) is 3.13. The van der Waals surface area contributed by atoms with Crippen LogP contribution in [0.2, 0.25) is 5.02 Å². The molecule has 5 aliphatic rings. The lowest BCUT2D eigenvalue weighted by Gasteiger charge is -2.36. The molecule has 63 heavy (non-hydrogen) atoms. The maximum atomic E-state index is 13.5. The molecule has 5 unspecified atom stereocenters. The second-order valence-corrected chi connectivity index (χ2v) is 21.9.